The molecule has 2 rings (SSSR count). The van der Waals surface area contributed by atoms with Crippen LogP contribution in [-0.2, 0) is 6.42 Å². The summed E-state index contributed by atoms with van der Waals surface area (Å²) in [4.78, 5) is 0. The van der Waals surface area contributed by atoms with Gasteiger partial charge in [0.25, 0.3) is 0 Å². The minimum atomic E-state index is 0.0749. The largest absolute Gasteiger partial charge is 0.493 e. The summed E-state index contributed by atoms with van der Waals surface area (Å²) in [6, 6.07) is 4.25. The van der Waals surface area contributed by atoms with Crippen LogP contribution in [0.4, 0.5) is 0 Å². The molecule has 0 N–H and O–H groups in total. The van der Waals surface area contributed by atoms with E-state index in [0.717, 1.165) is 35.2 Å². The van der Waals surface area contributed by atoms with Gasteiger partial charge in [-0.1, -0.05) is 42.1 Å². The smallest absolute Gasteiger partial charge is 0.127 e. The van der Waals surface area contributed by atoms with E-state index in [2.05, 4.69) is 35.0 Å². The number of fused-ring (bicyclic) bond motifs is 1. The van der Waals surface area contributed by atoms with Gasteiger partial charge in [-0.2, -0.15) is 0 Å². The molecule has 1 aromatic rings. The summed E-state index contributed by atoms with van der Waals surface area (Å²) in [6.45, 7) is 3.00. The number of benzene rings is 1. The van der Waals surface area contributed by atoms with Crippen molar-refractivity contribution < 1.29 is 4.74 Å². The van der Waals surface area contributed by atoms with Crippen LogP contribution in [0.5, 0.6) is 5.75 Å². The Morgan fingerprint density at radius 1 is 1.41 bits per heavy atom. The Labute approximate surface area is 117 Å². The van der Waals surface area contributed by atoms with Gasteiger partial charge in [0.05, 0.1) is 12.0 Å². The lowest BCUT2D eigenvalue weighted by atomic mass is 10.0. The average molecular weight is 318 g/mol. The van der Waals surface area contributed by atoms with Crippen LogP contribution in [0.1, 0.15) is 49.1 Å². The van der Waals surface area contributed by atoms with E-state index in [1.54, 1.807) is 0 Å². The van der Waals surface area contributed by atoms with Crippen molar-refractivity contribution in [1.82, 2.24) is 0 Å². The third-order valence-electron chi connectivity index (χ3n) is 3.18. The fourth-order valence-electron chi connectivity index (χ4n) is 2.26. The predicted molar refractivity (Wildman–Crippen MR) is 76.1 cm³/mol. The van der Waals surface area contributed by atoms with Crippen molar-refractivity contribution in [3.05, 3.63) is 27.7 Å². The first kappa shape index (κ1) is 13.2. The van der Waals surface area contributed by atoms with Crippen molar-refractivity contribution in [3.63, 3.8) is 0 Å². The van der Waals surface area contributed by atoms with Crippen LogP contribution >= 0.6 is 27.5 Å². The minimum absolute atomic E-state index is 0.0749. The van der Waals surface area contributed by atoms with Crippen LogP contribution in [0.3, 0.4) is 0 Å². The second kappa shape index (κ2) is 6.10. The molecule has 1 aromatic carbocycles. The second-order valence-corrected chi connectivity index (χ2v) is 5.99. The van der Waals surface area contributed by atoms with Gasteiger partial charge in [0, 0.05) is 16.5 Å². The maximum atomic E-state index is 6.50. The molecule has 0 spiro atoms. The van der Waals surface area contributed by atoms with Crippen molar-refractivity contribution in [2.45, 2.75) is 44.4 Å². The lowest BCUT2D eigenvalue weighted by molar-refractivity contribution is 0.352. The Balaban J connectivity index is 2.14. The monoisotopic (exact) mass is 316 g/mol. The molecule has 1 heterocycles. The molecule has 1 nitrogen and oxygen atoms in total. The predicted octanol–water partition coefficient (Wildman–Crippen LogP) is 5.24. The molecule has 3 heteroatoms. The Hall–Kier alpha value is -0.210. The molecule has 0 amide bonds. The van der Waals surface area contributed by atoms with E-state index in [1.165, 1.54) is 24.8 Å². The summed E-state index contributed by atoms with van der Waals surface area (Å²) in [7, 11) is 0. The van der Waals surface area contributed by atoms with E-state index in [0.29, 0.717) is 0 Å². The quantitative estimate of drug-likeness (QED) is 0.533. The van der Waals surface area contributed by atoms with E-state index in [4.69, 9.17) is 16.3 Å². The van der Waals surface area contributed by atoms with Crippen molar-refractivity contribution in [3.8, 4) is 5.75 Å². The van der Waals surface area contributed by atoms with Crippen LogP contribution in [0.2, 0.25) is 0 Å². The first-order chi connectivity index (χ1) is 8.22. The number of halogens is 2. The SMILES string of the molecule is CCCCCC(Cl)c1cc(Br)cc2c1OCC2. The van der Waals surface area contributed by atoms with Gasteiger partial charge in [0.2, 0.25) is 0 Å². The second-order valence-electron chi connectivity index (χ2n) is 4.55. The highest BCUT2D eigenvalue weighted by Gasteiger charge is 2.21. The summed E-state index contributed by atoms with van der Waals surface area (Å²) in [5, 5.41) is 0.0749. The zero-order valence-corrected chi connectivity index (χ0v) is 12.5. The van der Waals surface area contributed by atoms with Crippen molar-refractivity contribution in [1.29, 1.82) is 0 Å². The van der Waals surface area contributed by atoms with Crippen LogP contribution in [0, 0.1) is 0 Å². The molecule has 0 bridgehead atoms. The van der Waals surface area contributed by atoms with Gasteiger partial charge < -0.3 is 4.74 Å². The molecule has 1 unspecified atom stereocenters. The summed E-state index contributed by atoms with van der Waals surface area (Å²) >= 11 is 10.0. The fourth-order valence-corrected chi connectivity index (χ4v) is 3.10. The van der Waals surface area contributed by atoms with Crippen LogP contribution < -0.4 is 4.74 Å². The maximum absolute atomic E-state index is 6.50. The number of alkyl halides is 1. The first-order valence-corrected chi connectivity index (χ1v) is 7.54. The van der Waals surface area contributed by atoms with Gasteiger partial charge in [0.15, 0.2) is 0 Å². The van der Waals surface area contributed by atoms with Crippen LogP contribution in [0.15, 0.2) is 16.6 Å². The number of rotatable bonds is 5. The molecule has 0 aromatic heterocycles. The molecule has 1 atom stereocenters. The summed E-state index contributed by atoms with van der Waals surface area (Å²) in [5.74, 6) is 1.03. The number of hydrogen-bond donors (Lipinski definition) is 0. The highest BCUT2D eigenvalue weighted by atomic mass is 79.9. The third-order valence-corrected chi connectivity index (χ3v) is 4.09. The van der Waals surface area contributed by atoms with Crippen LogP contribution in [0.25, 0.3) is 0 Å². The Morgan fingerprint density at radius 3 is 3.00 bits per heavy atom. The average Bonchev–Trinajstić information content (AvgIpc) is 2.75. The first-order valence-electron chi connectivity index (χ1n) is 6.31. The van der Waals surface area contributed by atoms with Gasteiger partial charge >= 0.3 is 0 Å². The molecule has 0 fully saturated rings. The summed E-state index contributed by atoms with van der Waals surface area (Å²) < 4.78 is 6.82. The Kier molecular flexibility index (Phi) is 4.75. The van der Waals surface area contributed by atoms with E-state index in [9.17, 15) is 0 Å². The molecular weight excluding hydrogens is 300 g/mol. The van der Waals surface area contributed by atoms with Gasteiger partial charge in [-0.3, -0.25) is 0 Å². The molecule has 94 valence electrons. The fraction of sp³-hybridized carbons (Fsp3) is 0.571. The molecule has 1 aliphatic rings. The highest BCUT2D eigenvalue weighted by molar-refractivity contribution is 9.10. The third kappa shape index (κ3) is 3.17. The van der Waals surface area contributed by atoms with E-state index in [-0.39, 0.29) is 5.38 Å². The van der Waals surface area contributed by atoms with Crippen molar-refractivity contribution in [2.75, 3.05) is 6.61 Å². The normalized spacial score (nSPS) is 15.5. The zero-order valence-electron chi connectivity index (χ0n) is 10.1. The summed E-state index contributed by atoms with van der Waals surface area (Å²) in [6.07, 6.45) is 5.70. The number of ether oxygens (including phenoxy) is 1. The van der Waals surface area contributed by atoms with E-state index < -0.39 is 0 Å². The molecule has 0 radical (unpaired) electrons. The maximum Gasteiger partial charge on any atom is 0.127 e. The van der Waals surface area contributed by atoms with Crippen LogP contribution in [-0.4, -0.2) is 6.61 Å². The van der Waals surface area contributed by atoms with Gasteiger partial charge in [-0.05, 0) is 24.1 Å². The molecule has 0 saturated carbocycles. The zero-order chi connectivity index (χ0) is 12.3. The number of unbranched alkanes of at least 4 members (excludes halogenated alkanes) is 2. The molecule has 0 saturated heterocycles. The Morgan fingerprint density at radius 2 is 2.24 bits per heavy atom. The molecular formula is C14H18BrClO. The minimum Gasteiger partial charge on any atom is -0.493 e. The lowest BCUT2D eigenvalue weighted by Crippen LogP contribution is -1.96. The van der Waals surface area contributed by atoms with Crippen molar-refractivity contribution >= 4 is 27.5 Å². The van der Waals surface area contributed by atoms with Gasteiger partial charge in [0.1, 0.15) is 5.75 Å². The topological polar surface area (TPSA) is 9.23 Å². The van der Waals surface area contributed by atoms with E-state index >= 15 is 0 Å². The summed E-state index contributed by atoms with van der Waals surface area (Å²) in [5.41, 5.74) is 2.44. The molecule has 1 aliphatic heterocycles. The Bertz CT molecular complexity index is 392. The molecule has 17 heavy (non-hydrogen) atoms. The lowest BCUT2D eigenvalue weighted by Gasteiger charge is -2.14. The van der Waals surface area contributed by atoms with Crippen molar-refractivity contribution in [2.24, 2.45) is 0 Å². The highest BCUT2D eigenvalue weighted by Crippen LogP contribution is 2.40. The van der Waals surface area contributed by atoms with Gasteiger partial charge in [-0.15, -0.1) is 11.6 Å². The van der Waals surface area contributed by atoms with Gasteiger partial charge in [-0.25, -0.2) is 0 Å². The standard InChI is InChI=1S/C14H18BrClO/c1-2-3-4-5-13(16)12-9-11(15)8-10-6-7-17-14(10)12/h8-9,13H,2-7H2,1H3. The van der Waals surface area contributed by atoms with E-state index in [1.807, 2.05) is 0 Å². The number of hydrogen-bond acceptors (Lipinski definition) is 1. The molecule has 0 aliphatic carbocycles.